The first kappa shape index (κ1) is 24.0. The lowest BCUT2D eigenvalue weighted by Gasteiger charge is -2.37. The molecule has 0 fully saturated rings. The van der Waals surface area contributed by atoms with Crippen LogP contribution in [0.25, 0.3) is 0 Å². The molecule has 0 spiro atoms. The summed E-state index contributed by atoms with van der Waals surface area (Å²) >= 11 is 0. The van der Waals surface area contributed by atoms with E-state index in [1.165, 1.54) is 4.90 Å². The molecule has 6 nitrogen and oxygen atoms in total. The van der Waals surface area contributed by atoms with Gasteiger partial charge in [0.05, 0.1) is 18.6 Å². The van der Waals surface area contributed by atoms with Crippen LogP contribution in [0.3, 0.4) is 0 Å². The summed E-state index contributed by atoms with van der Waals surface area (Å²) in [6, 6.07) is 9.20. The minimum atomic E-state index is -0.568. The van der Waals surface area contributed by atoms with Crippen molar-refractivity contribution < 1.29 is 23.8 Å². The second kappa shape index (κ2) is 11.1. The molecule has 0 aromatic heterocycles. The minimum Gasteiger partial charge on any atom is -0.460 e. The standard InChI is InChI=1S/C22H35NO5/c1-8-16(2)20(18(26-7)14-19(24)28-22(3,4)5)23(6)21(25)27-15-17-12-10-9-11-13-17/h9-13,16,18,20H,8,14-15H2,1-7H3. The molecular formula is C22H35NO5. The molecule has 0 saturated heterocycles. The van der Waals surface area contributed by atoms with Gasteiger partial charge < -0.3 is 19.1 Å². The molecule has 0 bridgehead atoms. The fourth-order valence-corrected chi connectivity index (χ4v) is 3.07. The van der Waals surface area contributed by atoms with E-state index < -0.39 is 17.8 Å². The fourth-order valence-electron chi connectivity index (χ4n) is 3.07. The second-order valence-corrected chi connectivity index (χ2v) is 8.09. The highest BCUT2D eigenvalue weighted by Crippen LogP contribution is 2.23. The van der Waals surface area contributed by atoms with E-state index in [-0.39, 0.29) is 31.0 Å². The van der Waals surface area contributed by atoms with Crippen LogP contribution in [-0.4, -0.2) is 48.9 Å². The molecule has 1 aromatic rings. The summed E-state index contributed by atoms with van der Waals surface area (Å²) in [4.78, 5) is 26.5. The number of methoxy groups -OCH3 is 1. The molecule has 0 N–H and O–H groups in total. The fraction of sp³-hybridized carbons (Fsp3) is 0.636. The van der Waals surface area contributed by atoms with Gasteiger partial charge in [-0.3, -0.25) is 4.79 Å². The highest BCUT2D eigenvalue weighted by Gasteiger charge is 2.35. The van der Waals surface area contributed by atoms with Crippen molar-refractivity contribution in [1.82, 2.24) is 4.90 Å². The van der Waals surface area contributed by atoms with Gasteiger partial charge in [-0.05, 0) is 32.3 Å². The normalized spacial score (nSPS) is 14.7. The van der Waals surface area contributed by atoms with Crippen molar-refractivity contribution in [3.05, 3.63) is 35.9 Å². The van der Waals surface area contributed by atoms with Crippen molar-refractivity contribution in [3.63, 3.8) is 0 Å². The number of hydrogen-bond donors (Lipinski definition) is 0. The van der Waals surface area contributed by atoms with Gasteiger partial charge in [0.25, 0.3) is 0 Å². The summed E-state index contributed by atoms with van der Waals surface area (Å²) in [6.07, 6.45) is -0.0340. The van der Waals surface area contributed by atoms with Crippen LogP contribution in [0.2, 0.25) is 0 Å². The van der Waals surface area contributed by atoms with Crippen LogP contribution in [-0.2, 0) is 25.6 Å². The Bertz CT molecular complexity index is 611. The number of rotatable bonds is 9. The van der Waals surface area contributed by atoms with Crippen LogP contribution < -0.4 is 0 Å². The summed E-state index contributed by atoms with van der Waals surface area (Å²) in [5.41, 5.74) is 0.350. The van der Waals surface area contributed by atoms with Gasteiger partial charge in [0.2, 0.25) is 0 Å². The maximum atomic E-state index is 12.6. The quantitative estimate of drug-likeness (QED) is 0.581. The van der Waals surface area contributed by atoms with Crippen molar-refractivity contribution in [2.75, 3.05) is 14.2 Å². The number of carbonyl (C=O) groups is 2. The van der Waals surface area contributed by atoms with Crippen LogP contribution in [0.5, 0.6) is 0 Å². The number of benzene rings is 1. The van der Waals surface area contributed by atoms with Crippen molar-refractivity contribution in [2.24, 2.45) is 5.92 Å². The Balaban J connectivity index is 2.85. The second-order valence-electron chi connectivity index (χ2n) is 8.09. The number of amides is 1. The topological polar surface area (TPSA) is 65.1 Å². The van der Waals surface area contributed by atoms with E-state index in [0.717, 1.165) is 12.0 Å². The van der Waals surface area contributed by atoms with Crippen LogP contribution >= 0.6 is 0 Å². The molecule has 1 rings (SSSR count). The third-order valence-electron chi connectivity index (χ3n) is 4.64. The summed E-state index contributed by atoms with van der Waals surface area (Å²) in [6.45, 7) is 9.75. The predicted octanol–water partition coefficient (Wildman–Crippen LogP) is 4.42. The van der Waals surface area contributed by atoms with Crippen molar-refractivity contribution in [3.8, 4) is 0 Å². The SMILES string of the molecule is CCC(C)C(C(CC(=O)OC(C)(C)C)OC)N(C)C(=O)OCc1ccccc1. The summed E-state index contributed by atoms with van der Waals surface area (Å²) in [5.74, 6) is -0.236. The molecule has 0 aliphatic carbocycles. The van der Waals surface area contributed by atoms with Crippen LogP contribution in [0.4, 0.5) is 4.79 Å². The Hall–Kier alpha value is -2.08. The van der Waals surface area contributed by atoms with Crippen molar-refractivity contribution >= 4 is 12.1 Å². The zero-order valence-electron chi connectivity index (χ0n) is 18.2. The van der Waals surface area contributed by atoms with Gasteiger partial charge >= 0.3 is 12.1 Å². The highest BCUT2D eigenvalue weighted by atomic mass is 16.6. The molecule has 0 radical (unpaired) electrons. The zero-order chi connectivity index (χ0) is 21.3. The summed E-state index contributed by atoms with van der Waals surface area (Å²) < 4.78 is 16.5. The Morgan fingerprint density at radius 1 is 1.14 bits per heavy atom. The number of nitrogens with zero attached hydrogens (tertiary/aromatic N) is 1. The maximum absolute atomic E-state index is 12.6. The Morgan fingerprint density at radius 3 is 2.25 bits per heavy atom. The van der Waals surface area contributed by atoms with Crippen LogP contribution in [0.1, 0.15) is 53.0 Å². The molecule has 3 unspecified atom stereocenters. The molecule has 3 atom stereocenters. The molecule has 158 valence electrons. The van der Waals surface area contributed by atoms with Gasteiger partial charge in [-0.1, -0.05) is 50.6 Å². The van der Waals surface area contributed by atoms with E-state index in [0.29, 0.717) is 0 Å². The number of carbonyl (C=O) groups excluding carboxylic acids is 2. The zero-order valence-corrected chi connectivity index (χ0v) is 18.2. The predicted molar refractivity (Wildman–Crippen MR) is 109 cm³/mol. The van der Waals surface area contributed by atoms with Gasteiger partial charge in [-0.2, -0.15) is 0 Å². The van der Waals surface area contributed by atoms with Gasteiger partial charge in [-0.25, -0.2) is 4.79 Å². The van der Waals surface area contributed by atoms with Crippen molar-refractivity contribution in [2.45, 2.75) is 71.8 Å². The smallest absolute Gasteiger partial charge is 0.410 e. The lowest BCUT2D eigenvalue weighted by molar-refractivity contribution is -0.159. The number of hydrogen-bond acceptors (Lipinski definition) is 5. The van der Waals surface area contributed by atoms with E-state index in [1.807, 2.05) is 65.0 Å². The van der Waals surface area contributed by atoms with Gasteiger partial charge in [-0.15, -0.1) is 0 Å². The van der Waals surface area contributed by atoms with Crippen LogP contribution in [0, 0.1) is 5.92 Å². The molecule has 6 heteroatoms. The molecule has 1 amide bonds. The number of likely N-dealkylation sites (N-methyl/N-ethyl adjacent to an activating group) is 1. The number of ether oxygens (including phenoxy) is 3. The molecule has 0 aliphatic rings. The van der Waals surface area contributed by atoms with E-state index in [9.17, 15) is 9.59 Å². The Labute approximate surface area is 169 Å². The molecule has 1 aromatic carbocycles. The molecule has 28 heavy (non-hydrogen) atoms. The van der Waals surface area contributed by atoms with E-state index in [1.54, 1.807) is 14.2 Å². The first-order chi connectivity index (χ1) is 13.1. The van der Waals surface area contributed by atoms with E-state index in [2.05, 4.69) is 0 Å². The highest BCUT2D eigenvalue weighted by molar-refractivity contribution is 5.71. The molecule has 0 heterocycles. The first-order valence-corrected chi connectivity index (χ1v) is 9.77. The minimum absolute atomic E-state index is 0.0685. The monoisotopic (exact) mass is 393 g/mol. The maximum Gasteiger partial charge on any atom is 0.410 e. The summed E-state index contributed by atoms with van der Waals surface area (Å²) in [7, 11) is 3.23. The molecular weight excluding hydrogens is 358 g/mol. The Morgan fingerprint density at radius 2 is 1.75 bits per heavy atom. The van der Waals surface area contributed by atoms with Gasteiger partial charge in [0, 0.05) is 14.2 Å². The third-order valence-corrected chi connectivity index (χ3v) is 4.64. The third kappa shape index (κ3) is 7.89. The average molecular weight is 394 g/mol. The van der Waals surface area contributed by atoms with Crippen LogP contribution in [0.15, 0.2) is 30.3 Å². The Kier molecular flexibility index (Phi) is 9.46. The average Bonchev–Trinajstić information content (AvgIpc) is 2.64. The van der Waals surface area contributed by atoms with E-state index >= 15 is 0 Å². The first-order valence-electron chi connectivity index (χ1n) is 9.77. The van der Waals surface area contributed by atoms with E-state index in [4.69, 9.17) is 14.2 Å². The van der Waals surface area contributed by atoms with Gasteiger partial charge in [0.15, 0.2) is 0 Å². The number of esters is 1. The molecule has 0 aliphatic heterocycles. The largest absolute Gasteiger partial charge is 0.460 e. The summed E-state index contributed by atoms with van der Waals surface area (Å²) in [5, 5.41) is 0. The van der Waals surface area contributed by atoms with Crippen molar-refractivity contribution in [1.29, 1.82) is 0 Å². The lowest BCUT2D eigenvalue weighted by atomic mass is 9.91. The lowest BCUT2D eigenvalue weighted by Crippen LogP contribution is -2.50. The molecule has 0 saturated carbocycles. The van der Waals surface area contributed by atoms with Gasteiger partial charge in [0.1, 0.15) is 12.2 Å².